The highest BCUT2D eigenvalue weighted by atomic mass is 19.2. The second-order valence-corrected chi connectivity index (χ2v) is 2.35. The van der Waals surface area contributed by atoms with E-state index >= 15 is 0 Å². The first-order valence-electron chi connectivity index (χ1n) is 3.76. The quantitative estimate of drug-likeness (QED) is 0.680. The second kappa shape index (κ2) is 4.16. The number of ether oxygens (including phenoxy) is 1. The van der Waals surface area contributed by atoms with Gasteiger partial charge in [-0.15, -0.1) is 0 Å². The fourth-order valence-electron chi connectivity index (χ4n) is 0.872. The van der Waals surface area contributed by atoms with E-state index in [1.165, 1.54) is 12.1 Å². The minimum absolute atomic E-state index is 0.125. The van der Waals surface area contributed by atoms with Crippen LogP contribution in [-0.4, -0.2) is 6.61 Å². The van der Waals surface area contributed by atoms with Crippen LogP contribution in [0.15, 0.2) is 18.2 Å². The zero-order chi connectivity index (χ0) is 8.97. The summed E-state index contributed by atoms with van der Waals surface area (Å²) >= 11 is 0. The maximum absolute atomic E-state index is 12.9. The Balaban J connectivity index is 2.78. The van der Waals surface area contributed by atoms with Crippen LogP contribution in [0.4, 0.5) is 8.78 Å². The second-order valence-electron chi connectivity index (χ2n) is 2.35. The van der Waals surface area contributed by atoms with Gasteiger partial charge in [-0.1, -0.05) is 12.1 Å². The normalized spacial score (nSPS) is 10.2. The van der Waals surface area contributed by atoms with Gasteiger partial charge in [0.15, 0.2) is 11.6 Å². The molecule has 1 rings (SSSR count). The van der Waals surface area contributed by atoms with E-state index in [0.29, 0.717) is 6.61 Å². The highest BCUT2D eigenvalue weighted by Crippen LogP contribution is 2.11. The minimum atomic E-state index is -0.827. The molecule has 0 heterocycles. The molecule has 0 N–H and O–H groups in total. The Kier molecular flexibility index (Phi) is 3.17. The van der Waals surface area contributed by atoms with Crippen LogP contribution in [-0.2, 0) is 11.3 Å². The predicted octanol–water partition coefficient (Wildman–Crippen LogP) is 2.50. The lowest BCUT2D eigenvalue weighted by molar-refractivity contribution is 0.131. The van der Waals surface area contributed by atoms with Gasteiger partial charge in [-0.2, -0.15) is 0 Å². The molecule has 0 aliphatic heterocycles. The predicted molar refractivity (Wildman–Crippen MR) is 41.7 cm³/mol. The number of rotatable bonds is 3. The molecule has 0 aliphatic carbocycles. The Morgan fingerprint density at radius 1 is 1.33 bits per heavy atom. The summed E-state index contributed by atoms with van der Waals surface area (Å²) in [6, 6.07) is 4.06. The Morgan fingerprint density at radius 3 is 2.75 bits per heavy atom. The highest BCUT2D eigenvalue weighted by Gasteiger charge is 2.06. The lowest BCUT2D eigenvalue weighted by Crippen LogP contribution is -1.97. The van der Waals surface area contributed by atoms with E-state index in [-0.39, 0.29) is 12.2 Å². The summed E-state index contributed by atoms with van der Waals surface area (Å²) in [6.07, 6.45) is 0. The minimum Gasteiger partial charge on any atom is -0.377 e. The third kappa shape index (κ3) is 2.01. The molecule has 3 heteroatoms. The molecule has 0 aliphatic rings. The molecule has 0 atom stereocenters. The van der Waals surface area contributed by atoms with Gasteiger partial charge >= 0.3 is 0 Å². The molecule has 0 aromatic heterocycles. The summed E-state index contributed by atoms with van der Waals surface area (Å²) < 4.78 is 30.4. The number of hydrogen-bond donors (Lipinski definition) is 0. The van der Waals surface area contributed by atoms with Gasteiger partial charge in [-0.05, 0) is 13.0 Å². The average molecular weight is 172 g/mol. The van der Waals surface area contributed by atoms with Crippen molar-refractivity contribution in [3.8, 4) is 0 Å². The molecule has 1 aromatic rings. The maximum atomic E-state index is 12.9. The molecule has 0 spiro atoms. The molecule has 0 bridgehead atoms. The van der Waals surface area contributed by atoms with Crippen molar-refractivity contribution in [3.63, 3.8) is 0 Å². The van der Waals surface area contributed by atoms with E-state index in [2.05, 4.69) is 0 Å². The van der Waals surface area contributed by atoms with Crippen LogP contribution < -0.4 is 0 Å². The molecule has 0 amide bonds. The van der Waals surface area contributed by atoms with Crippen LogP contribution >= 0.6 is 0 Å². The molecule has 12 heavy (non-hydrogen) atoms. The van der Waals surface area contributed by atoms with Crippen LogP contribution in [0.5, 0.6) is 0 Å². The van der Waals surface area contributed by atoms with E-state index in [4.69, 9.17) is 4.74 Å². The fraction of sp³-hybridized carbons (Fsp3) is 0.333. The summed E-state index contributed by atoms with van der Waals surface area (Å²) in [5.41, 5.74) is 0.261. The van der Waals surface area contributed by atoms with Gasteiger partial charge in [0.05, 0.1) is 6.61 Å². The van der Waals surface area contributed by atoms with Gasteiger partial charge in [0.25, 0.3) is 0 Å². The van der Waals surface area contributed by atoms with Crippen LogP contribution in [0, 0.1) is 11.6 Å². The molecule has 0 unspecified atom stereocenters. The third-order valence-corrected chi connectivity index (χ3v) is 1.49. The van der Waals surface area contributed by atoms with E-state index in [0.717, 1.165) is 6.07 Å². The van der Waals surface area contributed by atoms with Crippen molar-refractivity contribution in [1.29, 1.82) is 0 Å². The third-order valence-electron chi connectivity index (χ3n) is 1.49. The van der Waals surface area contributed by atoms with Crippen LogP contribution in [0.25, 0.3) is 0 Å². The Hall–Kier alpha value is -0.960. The van der Waals surface area contributed by atoms with Crippen molar-refractivity contribution in [3.05, 3.63) is 35.4 Å². The molecule has 66 valence electrons. The molecular formula is C9H10F2O. The van der Waals surface area contributed by atoms with Crippen molar-refractivity contribution in [1.82, 2.24) is 0 Å². The highest BCUT2D eigenvalue weighted by molar-refractivity contribution is 5.17. The number of halogens is 2. The van der Waals surface area contributed by atoms with Crippen molar-refractivity contribution < 1.29 is 13.5 Å². The SMILES string of the molecule is CCOCc1cccc(F)c1F. The molecule has 1 aromatic carbocycles. The smallest absolute Gasteiger partial charge is 0.164 e. The first kappa shape index (κ1) is 9.13. The standard InChI is InChI=1S/C9H10F2O/c1-2-12-6-7-4-3-5-8(10)9(7)11/h3-5H,2,6H2,1H3. The van der Waals surface area contributed by atoms with Gasteiger partial charge < -0.3 is 4.74 Å². The van der Waals surface area contributed by atoms with Gasteiger partial charge in [0.2, 0.25) is 0 Å². The summed E-state index contributed by atoms with van der Waals surface area (Å²) in [5.74, 6) is -1.64. The maximum Gasteiger partial charge on any atom is 0.164 e. The number of benzene rings is 1. The summed E-state index contributed by atoms with van der Waals surface area (Å²) in [7, 11) is 0. The average Bonchev–Trinajstić information content (AvgIpc) is 2.08. The van der Waals surface area contributed by atoms with E-state index in [9.17, 15) is 8.78 Å². The fourth-order valence-corrected chi connectivity index (χ4v) is 0.872. The molecule has 0 fully saturated rings. The topological polar surface area (TPSA) is 9.23 Å². The Labute approximate surface area is 70.0 Å². The first-order chi connectivity index (χ1) is 5.75. The lowest BCUT2D eigenvalue weighted by atomic mass is 10.2. The molecular weight excluding hydrogens is 162 g/mol. The van der Waals surface area contributed by atoms with E-state index in [1.54, 1.807) is 6.92 Å². The molecule has 1 nitrogen and oxygen atoms in total. The van der Waals surface area contributed by atoms with Crippen LogP contribution in [0.3, 0.4) is 0 Å². The molecule has 0 radical (unpaired) electrons. The zero-order valence-corrected chi connectivity index (χ0v) is 6.81. The Morgan fingerprint density at radius 2 is 2.08 bits per heavy atom. The summed E-state index contributed by atoms with van der Waals surface area (Å²) in [4.78, 5) is 0. The molecule has 0 saturated carbocycles. The van der Waals surface area contributed by atoms with Crippen molar-refractivity contribution in [2.45, 2.75) is 13.5 Å². The zero-order valence-electron chi connectivity index (χ0n) is 6.81. The van der Waals surface area contributed by atoms with Crippen molar-refractivity contribution in [2.75, 3.05) is 6.61 Å². The van der Waals surface area contributed by atoms with Crippen LogP contribution in [0.1, 0.15) is 12.5 Å². The van der Waals surface area contributed by atoms with Gasteiger partial charge in [0, 0.05) is 12.2 Å². The monoisotopic (exact) mass is 172 g/mol. The van der Waals surface area contributed by atoms with Gasteiger partial charge in [0.1, 0.15) is 0 Å². The largest absolute Gasteiger partial charge is 0.377 e. The van der Waals surface area contributed by atoms with E-state index < -0.39 is 11.6 Å². The first-order valence-corrected chi connectivity index (χ1v) is 3.76. The Bertz CT molecular complexity index is 261. The van der Waals surface area contributed by atoms with E-state index in [1.807, 2.05) is 0 Å². The summed E-state index contributed by atoms with van der Waals surface area (Å²) in [5, 5.41) is 0. The van der Waals surface area contributed by atoms with Crippen molar-refractivity contribution >= 4 is 0 Å². The molecule has 0 saturated heterocycles. The van der Waals surface area contributed by atoms with Crippen molar-refractivity contribution in [2.24, 2.45) is 0 Å². The van der Waals surface area contributed by atoms with Gasteiger partial charge in [-0.3, -0.25) is 0 Å². The number of hydrogen-bond acceptors (Lipinski definition) is 1. The summed E-state index contributed by atoms with van der Waals surface area (Å²) in [6.45, 7) is 2.42. The lowest BCUT2D eigenvalue weighted by Gasteiger charge is -2.02. The van der Waals surface area contributed by atoms with Crippen LogP contribution in [0.2, 0.25) is 0 Å². The van der Waals surface area contributed by atoms with Gasteiger partial charge in [-0.25, -0.2) is 8.78 Å².